The second kappa shape index (κ2) is 5.77. The van der Waals surface area contributed by atoms with Gasteiger partial charge in [0.1, 0.15) is 5.82 Å². The fourth-order valence-electron chi connectivity index (χ4n) is 2.53. The van der Waals surface area contributed by atoms with Crippen molar-refractivity contribution in [1.29, 1.82) is 0 Å². The third-order valence-corrected chi connectivity index (χ3v) is 4.04. The lowest BCUT2D eigenvalue weighted by Gasteiger charge is -2.42. The molecular formula is C14H18FN3O3. The van der Waals surface area contributed by atoms with Gasteiger partial charge in [-0.05, 0) is 27.0 Å². The van der Waals surface area contributed by atoms with Crippen LogP contribution in [0.1, 0.15) is 24.2 Å². The van der Waals surface area contributed by atoms with E-state index in [1.54, 1.807) is 4.90 Å². The Kier molecular flexibility index (Phi) is 4.22. The van der Waals surface area contributed by atoms with Crippen molar-refractivity contribution in [2.75, 3.05) is 20.1 Å². The highest BCUT2D eigenvalue weighted by Gasteiger charge is 2.31. The summed E-state index contributed by atoms with van der Waals surface area (Å²) in [6.45, 7) is 4.92. The van der Waals surface area contributed by atoms with Crippen LogP contribution in [-0.4, -0.2) is 52.9 Å². The van der Waals surface area contributed by atoms with Crippen molar-refractivity contribution in [3.05, 3.63) is 39.7 Å². The van der Waals surface area contributed by atoms with Gasteiger partial charge in [0.15, 0.2) is 0 Å². The lowest BCUT2D eigenvalue weighted by atomic mass is 10.1. The van der Waals surface area contributed by atoms with Gasteiger partial charge in [0.25, 0.3) is 11.6 Å². The average molecular weight is 295 g/mol. The lowest BCUT2D eigenvalue weighted by Crippen LogP contribution is -2.56. The van der Waals surface area contributed by atoms with Crippen molar-refractivity contribution in [3.8, 4) is 0 Å². The van der Waals surface area contributed by atoms with Crippen LogP contribution in [0.3, 0.4) is 0 Å². The van der Waals surface area contributed by atoms with Crippen LogP contribution in [0, 0.1) is 15.9 Å². The standard InChI is InChI=1S/C14H18FN3O3/c1-9-7-17(8-10(2)16(9)3)14(19)12-6-11(18(20)21)4-5-13(12)15/h4-6,9-10H,7-8H2,1-3H3. The smallest absolute Gasteiger partial charge is 0.270 e. The predicted molar refractivity (Wildman–Crippen MR) is 75.6 cm³/mol. The lowest BCUT2D eigenvalue weighted by molar-refractivity contribution is -0.384. The minimum absolute atomic E-state index is 0.152. The number of benzene rings is 1. The van der Waals surface area contributed by atoms with Crippen LogP contribution in [0.5, 0.6) is 0 Å². The molecule has 114 valence electrons. The second-order valence-electron chi connectivity index (χ2n) is 5.49. The number of hydrogen-bond acceptors (Lipinski definition) is 4. The maximum atomic E-state index is 13.8. The molecule has 1 heterocycles. The van der Waals surface area contributed by atoms with Crippen LogP contribution in [0.2, 0.25) is 0 Å². The Morgan fingerprint density at radius 1 is 1.33 bits per heavy atom. The van der Waals surface area contributed by atoms with Gasteiger partial charge in [0, 0.05) is 37.3 Å². The van der Waals surface area contributed by atoms with Gasteiger partial charge in [0.2, 0.25) is 0 Å². The van der Waals surface area contributed by atoms with Crippen molar-refractivity contribution >= 4 is 11.6 Å². The molecule has 1 aliphatic rings. The number of non-ortho nitro benzene ring substituents is 1. The third kappa shape index (κ3) is 3.02. The molecule has 21 heavy (non-hydrogen) atoms. The number of nitrogens with zero attached hydrogens (tertiary/aromatic N) is 3. The molecule has 1 amide bonds. The maximum absolute atomic E-state index is 13.8. The monoisotopic (exact) mass is 295 g/mol. The van der Waals surface area contributed by atoms with Crippen molar-refractivity contribution in [2.45, 2.75) is 25.9 Å². The Labute approximate surface area is 122 Å². The first kappa shape index (κ1) is 15.4. The number of carbonyl (C=O) groups excluding carboxylic acids is 1. The highest BCUT2D eigenvalue weighted by molar-refractivity contribution is 5.95. The molecule has 0 bridgehead atoms. The number of hydrogen-bond donors (Lipinski definition) is 0. The zero-order valence-corrected chi connectivity index (χ0v) is 12.2. The van der Waals surface area contributed by atoms with Gasteiger partial charge in [-0.15, -0.1) is 0 Å². The molecule has 1 saturated heterocycles. The molecule has 1 aromatic rings. The molecule has 1 fully saturated rings. The minimum atomic E-state index is -0.732. The summed E-state index contributed by atoms with van der Waals surface area (Å²) >= 11 is 0. The number of rotatable bonds is 2. The SMILES string of the molecule is CC1CN(C(=O)c2cc([N+](=O)[O-])ccc2F)CC(C)N1C. The Hall–Kier alpha value is -2.02. The van der Waals surface area contributed by atoms with Crippen LogP contribution in [-0.2, 0) is 0 Å². The topological polar surface area (TPSA) is 66.7 Å². The molecule has 2 unspecified atom stereocenters. The molecule has 0 spiro atoms. The fraction of sp³-hybridized carbons (Fsp3) is 0.500. The van der Waals surface area contributed by atoms with E-state index in [-0.39, 0.29) is 23.3 Å². The van der Waals surface area contributed by atoms with Crippen molar-refractivity contribution in [3.63, 3.8) is 0 Å². The van der Waals surface area contributed by atoms with E-state index in [0.717, 1.165) is 18.2 Å². The molecule has 7 heteroatoms. The zero-order chi connectivity index (χ0) is 15.7. The van der Waals surface area contributed by atoms with Gasteiger partial charge in [-0.1, -0.05) is 0 Å². The number of amides is 1. The molecule has 6 nitrogen and oxygen atoms in total. The predicted octanol–water partition coefficient (Wildman–Crippen LogP) is 1.90. The first-order chi connectivity index (χ1) is 9.81. The van der Waals surface area contributed by atoms with Crippen LogP contribution in [0.15, 0.2) is 18.2 Å². The van der Waals surface area contributed by atoms with E-state index in [4.69, 9.17) is 0 Å². The molecule has 2 atom stereocenters. The van der Waals surface area contributed by atoms with Gasteiger partial charge in [-0.2, -0.15) is 0 Å². The van der Waals surface area contributed by atoms with E-state index in [1.807, 2.05) is 20.9 Å². The normalized spacial score (nSPS) is 23.1. The number of nitro groups is 1. The molecule has 0 N–H and O–H groups in total. The highest BCUT2D eigenvalue weighted by Crippen LogP contribution is 2.21. The summed E-state index contributed by atoms with van der Waals surface area (Å²) in [4.78, 5) is 26.3. The van der Waals surface area contributed by atoms with E-state index >= 15 is 0 Å². The Balaban J connectivity index is 2.28. The van der Waals surface area contributed by atoms with Crippen molar-refractivity contribution < 1.29 is 14.1 Å². The molecule has 0 radical (unpaired) electrons. The van der Waals surface area contributed by atoms with E-state index in [2.05, 4.69) is 4.90 Å². The van der Waals surface area contributed by atoms with Gasteiger partial charge >= 0.3 is 0 Å². The van der Waals surface area contributed by atoms with E-state index < -0.39 is 16.6 Å². The minimum Gasteiger partial charge on any atom is -0.335 e. The van der Waals surface area contributed by atoms with Crippen LogP contribution < -0.4 is 0 Å². The molecule has 0 aromatic heterocycles. The van der Waals surface area contributed by atoms with Crippen LogP contribution in [0.4, 0.5) is 10.1 Å². The summed E-state index contributed by atoms with van der Waals surface area (Å²) in [5.41, 5.74) is -0.525. The second-order valence-corrected chi connectivity index (χ2v) is 5.49. The van der Waals surface area contributed by atoms with Crippen LogP contribution in [0.25, 0.3) is 0 Å². The molecule has 1 aliphatic heterocycles. The summed E-state index contributed by atoms with van der Waals surface area (Å²) < 4.78 is 13.8. The third-order valence-electron chi connectivity index (χ3n) is 4.04. The quantitative estimate of drug-likeness (QED) is 0.617. The zero-order valence-electron chi connectivity index (χ0n) is 12.2. The van der Waals surface area contributed by atoms with E-state index in [1.165, 1.54) is 0 Å². The summed E-state index contributed by atoms with van der Waals surface area (Å²) in [5, 5.41) is 10.8. The molecular weight excluding hydrogens is 277 g/mol. The number of halogens is 1. The highest BCUT2D eigenvalue weighted by atomic mass is 19.1. The van der Waals surface area contributed by atoms with Crippen molar-refractivity contribution in [2.24, 2.45) is 0 Å². The Morgan fingerprint density at radius 2 is 1.90 bits per heavy atom. The number of likely N-dealkylation sites (N-methyl/N-ethyl adjacent to an activating group) is 1. The van der Waals surface area contributed by atoms with E-state index in [0.29, 0.717) is 13.1 Å². The molecule has 0 aliphatic carbocycles. The van der Waals surface area contributed by atoms with Crippen molar-refractivity contribution in [1.82, 2.24) is 9.80 Å². The first-order valence-corrected chi connectivity index (χ1v) is 6.76. The largest absolute Gasteiger partial charge is 0.335 e. The van der Waals surface area contributed by atoms with Gasteiger partial charge in [-0.3, -0.25) is 19.8 Å². The number of nitro benzene ring substituents is 1. The summed E-state index contributed by atoms with van der Waals surface area (Å²) in [7, 11) is 1.98. The number of carbonyl (C=O) groups is 1. The molecule has 0 saturated carbocycles. The molecule has 2 rings (SSSR count). The van der Waals surface area contributed by atoms with Gasteiger partial charge in [-0.25, -0.2) is 4.39 Å². The Morgan fingerprint density at radius 3 is 2.43 bits per heavy atom. The summed E-state index contributed by atoms with van der Waals surface area (Å²) in [5.74, 6) is -1.23. The van der Waals surface area contributed by atoms with E-state index in [9.17, 15) is 19.3 Å². The Bertz CT molecular complexity index is 567. The fourth-order valence-corrected chi connectivity index (χ4v) is 2.53. The maximum Gasteiger partial charge on any atom is 0.270 e. The average Bonchev–Trinajstić information content (AvgIpc) is 2.43. The van der Waals surface area contributed by atoms with Crippen LogP contribution >= 0.6 is 0 Å². The summed E-state index contributed by atoms with van der Waals surface area (Å²) in [6, 6.07) is 3.33. The first-order valence-electron chi connectivity index (χ1n) is 6.76. The van der Waals surface area contributed by atoms with Gasteiger partial charge < -0.3 is 4.90 Å². The number of piperazine rings is 1. The summed E-state index contributed by atoms with van der Waals surface area (Å²) in [6.07, 6.45) is 0. The van der Waals surface area contributed by atoms with Gasteiger partial charge in [0.05, 0.1) is 10.5 Å². The molecule has 1 aromatic carbocycles.